The molecule has 0 spiro atoms. The molecule has 1 aromatic carbocycles. The van der Waals surface area contributed by atoms with E-state index < -0.39 is 4.75 Å². The molecule has 6 heteroatoms. The minimum absolute atomic E-state index is 0.211. The molecule has 1 aromatic heterocycles. The van der Waals surface area contributed by atoms with Crippen molar-refractivity contribution in [2.24, 2.45) is 0 Å². The van der Waals surface area contributed by atoms with Gasteiger partial charge in [0.15, 0.2) is 4.75 Å². The van der Waals surface area contributed by atoms with Gasteiger partial charge < -0.3 is 14.2 Å². The first-order valence-electron chi connectivity index (χ1n) is 7.27. The van der Waals surface area contributed by atoms with Gasteiger partial charge >= 0.3 is 0 Å². The average Bonchev–Trinajstić information content (AvgIpc) is 3.05. The number of para-hydroxylation sites is 1. The predicted molar refractivity (Wildman–Crippen MR) is 89.3 cm³/mol. The Morgan fingerprint density at radius 3 is 2.74 bits per heavy atom. The first-order chi connectivity index (χ1) is 10.9. The summed E-state index contributed by atoms with van der Waals surface area (Å²) in [4.78, 5) is 29.7. The molecule has 0 aliphatic carbocycles. The number of benzene rings is 1. The molecule has 5 nitrogen and oxygen atoms in total. The van der Waals surface area contributed by atoms with E-state index in [0.29, 0.717) is 12.3 Å². The van der Waals surface area contributed by atoms with Crippen LogP contribution in [0.4, 0.5) is 5.69 Å². The Kier molecular flexibility index (Phi) is 3.93. The van der Waals surface area contributed by atoms with Gasteiger partial charge in [-0.25, -0.2) is 0 Å². The number of amides is 2. The zero-order valence-electron chi connectivity index (χ0n) is 13.3. The highest BCUT2D eigenvalue weighted by atomic mass is 32.2. The van der Waals surface area contributed by atoms with Crippen molar-refractivity contribution < 1.29 is 14.0 Å². The first-order valence-corrected chi connectivity index (χ1v) is 8.09. The van der Waals surface area contributed by atoms with Crippen molar-refractivity contribution in [3.8, 4) is 0 Å². The molecule has 0 saturated heterocycles. The molecule has 2 heterocycles. The number of rotatable bonds is 3. The third-order valence-electron chi connectivity index (χ3n) is 3.98. The third-order valence-corrected chi connectivity index (χ3v) is 5.30. The normalized spacial score (nSPS) is 20.3. The molecule has 0 N–H and O–H groups in total. The maximum atomic E-state index is 12.9. The van der Waals surface area contributed by atoms with Crippen LogP contribution in [0.5, 0.6) is 0 Å². The van der Waals surface area contributed by atoms with E-state index >= 15 is 0 Å². The van der Waals surface area contributed by atoms with Gasteiger partial charge in [-0.3, -0.25) is 9.59 Å². The number of hydrogen-bond acceptors (Lipinski definition) is 4. The van der Waals surface area contributed by atoms with Crippen molar-refractivity contribution in [1.29, 1.82) is 0 Å². The van der Waals surface area contributed by atoms with Crippen molar-refractivity contribution in [2.45, 2.75) is 23.1 Å². The van der Waals surface area contributed by atoms with Gasteiger partial charge in [-0.1, -0.05) is 23.9 Å². The Morgan fingerprint density at radius 2 is 2.04 bits per heavy atom. The molecular formula is C17H18N2O3S. The van der Waals surface area contributed by atoms with Crippen molar-refractivity contribution in [2.75, 3.05) is 19.0 Å². The summed E-state index contributed by atoms with van der Waals surface area (Å²) in [6.45, 7) is 2.02. The fourth-order valence-electron chi connectivity index (χ4n) is 2.72. The Hall–Kier alpha value is -2.21. The number of anilines is 1. The van der Waals surface area contributed by atoms with Crippen LogP contribution < -0.4 is 4.90 Å². The lowest BCUT2D eigenvalue weighted by molar-refractivity contribution is -0.138. The van der Waals surface area contributed by atoms with Crippen LogP contribution >= 0.6 is 11.8 Å². The summed E-state index contributed by atoms with van der Waals surface area (Å²) >= 11 is 1.31. The summed E-state index contributed by atoms with van der Waals surface area (Å²) in [5.74, 6) is 0.245. The maximum absolute atomic E-state index is 12.9. The van der Waals surface area contributed by atoms with E-state index in [-0.39, 0.29) is 11.8 Å². The van der Waals surface area contributed by atoms with Crippen LogP contribution in [0.1, 0.15) is 12.7 Å². The lowest BCUT2D eigenvalue weighted by Gasteiger charge is -2.38. The van der Waals surface area contributed by atoms with Gasteiger partial charge in [0, 0.05) is 19.0 Å². The monoisotopic (exact) mass is 330 g/mol. The van der Waals surface area contributed by atoms with Crippen LogP contribution in [0.25, 0.3) is 0 Å². The van der Waals surface area contributed by atoms with E-state index in [1.54, 1.807) is 38.2 Å². The Balaban J connectivity index is 1.88. The summed E-state index contributed by atoms with van der Waals surface area (Å²) in [6, 6.07) is 11.2. The summed E-state index contributed by atoms with van der Waals surface area (Å²) in [7, 11) is 3.39. The van der Waals surface area contributed by atoms with Gasteiger partial charge in [-0.05, 0) is 31.2 Å². The molecule has 1 atom stereocenters. The van der Waals surface area contributed by atoms with Gasteiger partial charge in [0.25, 0.3) is 5.91 Å². The van der Waals surface area contributed by atoms with Gasteiger partial charge in [-0.15, -0.1) is 0 Å². The van der Waals surface area contributed by atoms with Crippen LogP contribution in [0.3, 0.4) is 0 Å². The second-order valence-corrected chi connectivity index (χ2v) is 7.17. The fraction of sp³-hybridized carbons (Fsp3) is 0.294. The average molecular weight is 330 g/mol. The Labute approximate surface area is 139 Å². The number of thioether (sulfide) groups is 1. The number of hydrogen-bond donors (Lipinski definition) is 0. The smallest absolute Gasteiger partial charge is 0.252 e. The molecule has 2 amide bonds. The minimum atomic E-state index is -1.18. The summed E-state index contributed by atoms with van der Waals surface area (Å²) in [5, 5.41) is 0. The van der Waals surface area contributed by atoms with E-state index in [2.05, 4.69) is 0 Å². The van der Waals surface area contributed by atoms with Crippen molar-refractivity contribution in [1.82, 2.24) is 4.90 Å². The second kappa shape index (κ2) is 5.77. The van der Waals surface area contributed by atoms with Gasteiger partial charge in [0.05, 0.1) is 18.5 Å². The van der Waals surface area contributed by atoms with Crippen LogP contribution in [0, 0.1) is 0 Å². The van der Waals surface area contributed by atoms with Crippen molar-refractivity contribution in [3.63, 3.8) is 0 Å². The highest BCUT2D eigenvalue weighted by Gasteiger charge is 2.49. The third kappa shape index (κ3) is 2.63. The molecule has 1 aliphatic rings. The fourth-order valence-corrected chi connectivity index (χ4v) is 4.08. The largest absolute Gasteiger partial charge is 0.467 e. The number of carbonyl (C=O) groups excluding carboxylic acids is 2. The van der Waals surface area contributed by atoms with Crippen molar-refractivity contribution >= 4 is 29.3 Å². The van der Waals surface area contributed by atoms with Crippen LogP contribution in [-0.2, 0) is 16.1 Å². The molecule has 1 unspecified atom stereocenters. The van der Waals surface area contributed by atoms with E-state index in [9.17, 15) is 9.59 Å². The highest BCUT2D eigenvalue weighted by Crippen LogP contribution is 2.45. The topological polar surface area (TPSA) is 53.8 Å². The molecule has 23 heavy (non-hydrogen) atoms. The predicted octanol–water partition coefficient (Wildman–Crippen LogP) is 2.77. The number of fused-ring (bicyclic) bond motifs is 1. The number of furan rings is 1. The summed E-state index contributed by atoms with van der Waals surface area (Å²) in [5.41, 5.74) is 0.835. The molecule has 0 saturated carbocycles. The lowest BCUT2D eigenvalue weighted by Crippen LogP contribution is -2.55. The Morgan fingerprint density at radius 1 is 1.30 bits per heavy atom. The summed E-state index contributed by atoms with van der Waals surface area (Å²) < 4.78 is 4.11. The van der Waals surface area contributed by atoms with Gasteiger partial charge in [0.2, 0.25) is 5.91 Å². The van der Waals surface area contributed by atoms with Crippen LogP contribution in [0.2, 0.25) is 0 Å². The van der Waals surface area contributed by atoms with Gasteiger partial charge in [-0.2, -0.15) is 0 Å². The Bertz CT molecular complexity index is 744. The van der Waals surface area contributed by atoms with Crippen LogP contribution in [0.15, 0.2) is 52.0 Å². The van der Waals surface area contributed by atoms with E-state index in [0.717, 1.165) is 10.6 Å². The molecule has 0 fully saturated rings. The molecule has 0 bridgehead atoms. The highest BCUT2D eigenvalue weighted by molar-refractivity contribution is 8.02. The van der Waals surface area contributed by atoms with E-state index in [1.807, 2.05) is 30.3 Å². The molecule has 120 valence electrons. The zero-order valence-corrected chi connectivity index (χ0v) is 14.1. The SMILES string of the molecule is CN(Cc1ccco1)C(=O)C1(C)Sc2ccccc2N(C)C1=O. The summed E-state index contributed by atoms with van der Waals surface area (Å²) in [6.07, 6.45) is 1.57. The van der Waals surface area contributed by atoms with Crippen molar-refractivity contribution in [3.05, 3.63) is 48.4 Å². The molecule has 3 rings (SSSR count). The van der Waals surface area contributed by atoms with E-state index in [4.69, 9.17) is 4.42 Å². The van der Waals surface area contributed by atoms with Crippen LogP contribution in [-0.4, -0.2) is 35.6 Å². The molecule has 0 radical (unpaired) electrons. The maximum Gasteiger partial charge on any atom is 0.252 e. The standard InChI is InChI=1S/C17H18N2O3S/c1-17(15(20)18(2)11-12-7-6-10-22-12)16(21)19(3)13-8-4-5-9-14(13)23-17/h4-10H,11H2,1-3H3. The lowest BCUT2D eigenvalue weighted by atomic mass is 10.1. The minimum Gasteiger partial charge on any atom is -0.467 e. The number of carbonyl (C=O) groups is 2. The quantitative estimate of drug-likeness (QED) is 0.812. The second-order valence-electron chi connectivity index (χ2n) is 5.71. The zero-order chi connectivity index (χ0) is 16.6. The first kappa shape index (κ1) is 15.7. The molecule has 2 aromatic rings. The number of nitrogens with zero attached hydrogens (tertiary/aromatic N) is 2. The molecular weight excluding hydrogens is 312 g/mol. The van der Waals surface area contributed by atoms with E-state index in [1.165, 1.54) is 16.7 Å². The van der Waals surface area contributed by atoms with Gasteiger partial charge in [0.1, 0.15) is 5.76 Å². The molecule has 1 aliphatic heterocycles.